The Morgan fingerprint density at radius 1 is 1.71 bits per heavy atom. The predicted molar refractivity (Wildman–Crippen MR) is 29.4 cm³/mol. The fraction of sp³-hybridized carbons (Fsp3) is 0.750. The summed E-state index contributed by atoms with van der Waals surface area (Å²) in [7, 11) is -1.22. The van der Waals surface area contributed by atoms with E-state index in [9.17, 15) is 9.00 Å². The van der Waals surface area contributed by atoms with Crippen LogP contribution in [0, 0.1) is 0 Å². The monoisotopic (exact) mass is 120 g/mol. The highest BCUT2D eigenvalue weighted by Gasteiger charge is 1.98. The van der Waals surface area contributed by atoms with Crippen molar-refractivity contribution >= 4 is 15.9 Å². The molecule has 0 amide bonds. The fourth-order valence-electron chi connectivity index (χ4n) is 0.203. The summed E-state index contributed by atoms with van der Waals surface area (Å²) in [4.78, 5) is 10.1. The molecule has 0 aromatic heterocycles. The molecule has 0 rings (SSSR count). The van der Waals surface area contributed by atoms with Crippen molar-refractivity contribution in [2.75, 3.05) is 5.75 Å². The van der Waals surface area contributed by atoms with Crippen molar-refractivity contribution in [2.24, 2.45) is 0 Å². The number of carbonyl (C=O) groups is 1. The molecular formula is C4H8O2S. The first kappa shape index (κ1) is 6.82. The average Bonchev–Trinajstić information content (AvgIpc) is 1.65. The summed E-state index contributed by atoms with van der Waals surface area (Å²) in [6.07, 6.45) is 0. The Labute approximate surface area is 45.4 Å². The van der Waals surface area contributed by atoms with Gasteiger partial charge >= 0.3 is 0 Å². The van der Waals surface area contributed by atoms with Gasteiger partial charge in [-0.2, -0.15) is 0 Å². The highest BCUT2D eigenvalue weighted by Crippen LogP contribution is 1.79. The SMILES string of the molecule is CCS(=O)C(C)=O. The minimum absolute atomic E-state index is 0.234. The van der Waals surface area contributed by atoms with E-state index in [1.165, 1.54) is 6.92 Å². The van der Waals surface area contributed by atoms with Gasteiger partial charge in [0, 0.05) is 12.7 Å². The van der Waals surface area contributed by atoms with E-state index in [4.69, 9.17) is 0 Å². The standard InChI is InChI=1S/C4H8O2S/c1-3-7(6)4(2)5/h3H2,1-2H3. The summed E-state index contributed by atoms with van der Waals surface area (Å²) in [5, 5.41) is -0.234. The Morgan fingerprint density at radius 2 is 2.14 bits per heavy atom. The lowest BCUT2D eigenvalue weighted by molar-refractivity contribution is -0.109. The topological polar surface area (TPSA) is 34.1 Å². The molecule has 0 N–H and O–H groups in total. The van der Waals surface area contributed by atoms with E-state index >= 15 is 0 Å². The zero-order chi connectivity index (χ0) is 5.86. The Morgan fingerprint density at radius 3 is 2.14 bits per heavy atom. The van der Waals surface area contributed by atoms with Crippen molar-refractivity contribution in [3.05, 3.63) is 0 Å². The lowest BCUT2D eigenvalue weighted by Gasteiger charge is -1.84. The van der Waals surface area contributed by atoms with Crippen LogP contribution in [0.1, 0.15) is 13.8 Å². The summed E-state index contributed by atoms with van der Waals surface area (Å²) < 4.78 is 10.3. The van der Waals surface area contributed by atoms with Gasteiger partial charge in [0.25, 0.3) is 0 Å². The molecule has 0 bridgehead atoms. The molecule has 1 atom stereocenters. The van der Waals surface area contributed by atoms with Gasteiger partial charge in [-0.25, -0.2) is 0 Å². The first-order chi connectivity index (χ1) is 3.18. The van der Waals surface area contributed by atoms with Gasteiger partial charge in [0.1, 0.15) is 0 Å². The largest absolute Gasteiger partial charge is 0.285 e. The number of hydrogen-bond acceptors (Lipinski definition) is 2. The van der Waals surface area contributed by atoms with Crippen LogP contribution in [0.3, 0.4) is 0 Å². The second kappa shape index (κ2) is 2.91. The molecule has 42 valence electrons. The Hall–Kier alpha value is -0.180. The molecule has 0 aliphatic carbocycles. The third-order valence-corrected chi connectivity index (χ3v) is 1.75. The highest BCUT2D eigenvalue weighted by molar-refractivity contribution is 8.00. The molecule has 7 heavy (non-hydrogen) atoms. The van der Waals surface area contributed by atoms with E-state index in [1.54, 1.807) is 6.92 Å². The Bertz CT molecular complexity index is 97.9. The zero-order valence-corrected chi connectivity index (χ0v) is 5.25. The molecule has 2 nitrogen and oxygen atoms in total. The molecule has 1 unspecified atom stereocenters. The molecule has 0 fully saturated rings. The van der Waals surface area contributed by atoms with Crippen LogP contribution in [-0.4, -0.2) is 15.1 Å². The van der Waals surface area contributed by atoms with E-state index < -0.39 is 10.8 Å². The van der Waals surface area contributed by atoms with Crippen LogP contribution in [0.15, 0.2) is 0 Å². The maximum atomic E-state index is 10.3. The predicted octanol–water partition coefficient (Wildman–Crippen LogP) is 0.302. The lowest BCUT2D eigenvalue weighted by Crippen LogP contribution is -2.02. The Balaban J connectivity index is 3.58. The minimum atomic E-state index is -1.22. The second-order valence-electron chi connectivity index (χ2n) is 1.13. The first-order valence-corrected chi connectivity index (χ1v) is 3.39. The molecule has 3 heteroatoms. The molecule has 0 saturated carbocycles. The molecular weight excluding hydrogens is 112 g/mol. The molecule has 0 heterocycles. The van der Waals surface area contributed by atoms with Crippen LogP contribution in [0.2, 0.25) is 0 Å². The average molecular weight is 120 g/mol. The molecule has 0 saturated heterocycles. The van der Waals surface area contributed by atoms with Gasteiger partial charge < -0.3 is 0 Å². The summed E-state index contributed by atoms with van der Waals surface area (Å²) in [6, 6.07) is 0. The van der Waals surface area contributed by atoms with Gasteiger partial charge in [0.05, 0.1) is 10.8 Å². The lowest BCUT2D eigenvalue weighted by atomic mass is 10.9. The van der Waals surface area contributed by atoms with E-state index in [2.05, 4.69) is 0 Å². The van der Waals surface area contributed by atoms with Crippen molar-refractivity contribution in [1.82, 2.24) is 0 Å². The molecule has 0 aliphatic rings. The van der Waals surface area contributed by atoms with Crippen molar-refractivity contribution in [1.29, 1.82) is 0 Å². The second-order valence-corrected chi connectivity index (χ2v) is 2.97. The van der Waals surface area contributed by atoms with E-state index in [-0.39, 0.29) is 5.12 Å². The highest BCUT2D eigenvalue weighted by atomic mass is 32.2. The summed E-state index contributed by atoms with van der Waals surface area (Å²) in [5.74, 6) is 0.440. The normalized spacial score (nSPS) is 13.4. The minimum Gasteiger partial charge on any atom is -0.285 e. The van der Waals surface area contributed by atoms with E-state index in [1.807, 2.05) is 0 Å². The molecule has 0 radical (unpaired) electrons. The first-order valence-electron chi connectivity index (χ1n) is 2.07. The Kier molecular flexibility index (Phi) is 2.83. The van der Waals surface area contributed by atoms with E-state index in [0.717, 1.165) is 0 Å². The maximum absolute atomic E-state index is 10.3. The van der Waals surface area contributed by atoms with Crippen LogP contribution in [0.25, 0.3) is 0 Å². The molecule has 0 aromatic carbocycles. The summed E-state index contributed by atoms with van der Waals surface area (Å²) in [6.45, 7) is 3.05. The van der Waals surface area contributed by atoms with Gasteiger partial charge in [0.2, 0.25) is 5.12 Å². The number of rotatable bonds is 1. The van der Waals surface area contributed by atoms with Gasteiger partial charge in [0.15, 0.2) is 0 Å². The van der Waals surface area contributed by atoms with Crippen molar-refractivity contribution in [3.8, 4) is 0 Å². The fourth-order valence-corrected chi connectivity index (χ4v) is 0.610. The zero-order valence-electron chi connectivity index (χ0n) is 4.43. The van der Waals surface area contributed by atoms with Crippen LogP contribution in [0.5, 0.6) is 0 Å². The molecule has 0 aromatic rings. The van der Waals surface area contributed by atoms with Crippen LogP contribution in [-0.2, 0) is 15.6 Å². The van der Waals surface area contributed by atoms with Crippen LogP contribution < -0.4 is 0 Å². The van der Waals surface area contributed by atoms with Gasteiger partial charge in [-0.3, -0.25) is 9.00 Å². The third kappa shape index (κ3) is 2.51. The molecule has 0 spiro atoms. The van der Waals surface area contributed by atoms with Crippen molar-refractivity contribution < 1.29 is 9.00 Å². The van der Waals surface area contributed by atoms with E-state index in [0.29, 0.717) is 5.75 Å². The summed E-state index contributed by atoms with van der Waals surface area (Å²) in [5.41, 5.74) is 0. The number of carbonyl (C=O) groups excluding carboxylic acids is 1. The van der Waals surface area contributed by atoms with Crippen LogP contribution >= 0.6 is 0 Å². The smallest absolute Gasteiger partial charge is 0.215 e. The number of hydrogen-bond donors (Lipinski definition) is 0. The molecule has 0 aliphatic heterocycles. The van der Waals surface area contributed by atoms with Gasteiger partial charge in [-0.1, -0.05) is 6.92 Å². The van der Waals surface area contributed by atoms with Crippen LogP contribution in [0.4, 0.5) is 0 Å². The van der Waals surface area contributed by atoms with Gasteiger partial charge in [-0.15, -0.1) is 0 Å². The third-order valence-electron chi connectivity index (χ3n) is 0.583. The van der Waals surface area contributed by atoms with Crippen molar-refractivity contribution in [3.63, 3.8) is 0 Å². The summed E-state index contributed by atoms with van der Waals surface area (Å²) >= 11 is 0. The van der Waals surface area contributed by atoms with Gasteiger partial charge in [-0.05, 0) is 0 Å². The quantitative estimate of drug-likeness (QED) is 0.499. The maximum Gasteiger partial charge on any atom is 0.215 e. The van der Waals surface area contributed by atoms with Crippen molar-refractivity contribution in [2.45, 2.75) is 13.8 Å².